The van der Waals surface area contributed by atoms with Crippen molar-refractivity contribution in [2.45, 2.75) is 43.8 Å². The fourth-order valence-corrected chi connectivity index (χ4v) is 5.64. The monoisotopic (exact) mass is 316 g/mol. The van der Waals surface area contributed by atoms with Crippen LogP contribution in [0.2, 0.25) is 0 Å². The standard InChI is InChI=1S/C13H20N2OS3/c16-12(14-7-5-13-15-8-10-17-13)4-2-1-3-11-6-9-18-19-11/h8,10-11H,1-7,9H2,(H,14,16)/t11-/m1/s1. The van der Waals surface area contributed by atoms with Crippen LogP contribution in [0.25, 0.3) is 0 Å². The third-order valence-corrected chi connectivity index (χ3v) is 6.90. The molecule has 2 heterocycles. The van der Waals surface area contributed by atoms with Crippen molar-refractivity contribution in [3.8, 4) is 0 Å². The van der Waals surface area contributed by atoms with Crippen molar-refractivity contribution in [1.82, 2.24) is 10.3 Å². The van der Waals surface area contributed by atoms with Gasteiger partial charge < -0.3 is 5.32 Å². The molecule has 1 aromatic rings. The molecule has 1 amide bonds. The lowest BCUT2D eigenvalue weighted by Gasteiger charge is -2.07. The summed E-state index contributed by atoms with van der Waals surface area (Å²) in [6, 6.07) is 0. The van der Waals surface area contributed by atoms with Crippen molar-refractivity contribution in [2.24, 2.45) is 0 Å². The molecular formula is C13H20N2OS3. The number of amides is 1. The lowest BCUT2D eigenvalue weighted by atomic mass is 10.1. The van der Waals surface area contributed by atoms with Gasteiger partial charge in [0.2, 0.25) is 5.91 Å². The van der Waals surface area contributed by atoms with Gasteiger partial charge in [0.15, 0.2) is 0 Å². The molecule has 2 rings (SSSR count). The molecule has 1 atom stereocenters. The van der Waals surface area contributed by atoms with Gasteiger partial charge in [0.05, 0.1) is 5.01 Å². The Hall–Kier alpha value is -0.200. The van der Waals surface area contributed by atoms with Gasteiger partial charge in [-0.05, 0) is 19.3 Å². The maximum atomic E-state index is 11.6. The first-order chi connectivity index (χ1) is 9.34. The minimum Gasteiger partial charge on any atom is -0.356 e. The first-order valence-corrected chi connectivity index (χ1v) is 10.0. The van der Waals surface area contributed by atoms with Crippen LogP contribution in [0.3, 0.4) is 0 Å². The van der Waals surface area contributed by atoms with Crippen LogP contribution in [0, 0.1) is 0 Å². The van der Waals surface area contributed by atoms with Gasteiger partial charge in [0, 0.05) is 42.0 Å². The zero-order chi connectivity index (χ0) is 13.3. The van der Waals surface area contributed by atoms with Crippen LogP contribution < -0.4 is 5.32 Å². The second-order valence-electron chi connectivity index (χ2n) is 4.60. The molecule has 106 valence electrons. The molecule has 1 aliphatic heterocycles. The van der Waals surface area contributed by atoms with Crippen LogP contribution in [0.5, 0.6) is 0 Å². The maximum Gasteiger partial charge on any atom is 0.220 e. The number of rotatable bonds is 8. The molecule has 1 aliphatic rings. The highest BCUT2D eigenvalue weighted by atomic mass is 33.1. The predicted molar refractivity (Wildman–Crippen MR) is 85.7 cm³/mol. The molecule has 0 radical (unpaired) electrons. The molecule has 3 nitrogen and oxygen atoms in total. The molecule has 1 fully saturated rings. The van der Waals surface area contributed by atoms with Gasteiger partial charge in [-0.2, -0.15) is 0 Å². The Morgan fingerprint density at radius 3 is 3.16 bits per heavy atom. The zero-order valence-electron chi connectivity index (χ0n) is 11.0. The molecule has 1 aromatic heterocycles. The van der Waals surface area contributed by atoms with Crippen molar-refractivity contribution < 1.29 is 4.79 Å². The number of thiazole rings is 1. The molecule has 1 saturated heterocycles. The number of hydrogen-bond donors (Lipinski definition) is 1. The average molecular weight is 317 g/mol. The van der Waals surface area contributed by atoms with E-state index in [9.17, 15) is 4.79 Å². The van der Waals surface area contributed by atoms with Crippen molar-refractivity contribution in [3.63, 3.8) is 0 Å². The molecular weight excluding hydrogens is 296 g/mol. The molecule has 0 bridgehead atoms. The van der Waals surface area contributed by atoms with Crippen LogP contribution in [0.4, 0.5) is 0 Å². The van der Waals surface area contributed by atoms with Crippen molar-refractivity contribution in [1.29, 1.82) is 0 Å². The smallest absolute Gasteiger partial charge is 0.220 e. The molecule has 6 heteroatoms. The topological polar surface area (TPSA) is 42.0 Å². The van der Waals surface area contributed by atoms with Crippen molar-refractivity contribution in [2.75, 3.05) is 12.3 Å². The first kappa shape index (κ1) is 15.2. The van der Waals surface area contributed by atoms with Crippen LogP contribution in [0.15, 0.2) is 11.6 Å². The number of unbranched alkanes of at least 4 members (excludes halogenated alkanes) is 1. The molecule has 0 saturated carbocycles. The van der Waals surface area contributed by atoms with Gasteiger partial charge in [-0.1, -0.05) is 28.0 Å². The number of aromatic nitrogens is 1. The molecule has 0 spiro atoms. The van der Waals surface area contributed by atoms with Gasteiger partial charge in [-0.3, -0.25) is 4.79 Å². The SMILES string of the molecule is O=C(CCCC[C@@H]1CCSS1)NCCc1nccs1. The summed E-state index contributed by atoms with van der Waals surface area (Å²) in [5.41, 5.74) is 0. The van der Waals surface area contributed by atoms with E-state index in [4.69, 9.17) is 0 Å². The summed E-state index contributed by atoms with van der Waals surface area (Å²) in [4.78, 5) is 15.8. The van der Waals surface area contributed by atoms with E-state index in [2.05, 4.69) is 10.3 Å². The minimum absolute atomic E-state index is 0.185. The van der Waals surface area contributed by atoms with Crippen molar-refractivity contribution >= 4 is 38.8 Å². The van der Waals surface area contributed by atoms with Crippen LogP contribution in [-0.2, 0) is 11.2 Å². The van der Waals surface area contributed by atoms with E-state index >= 15 is 0 Å². The van der Waals surface area contributed by atoms with E-state index in [1.165, 1.54) is 25.0 Å². The number of carbonyl (C=O) groups is 1. The van der Waals surface area contributed by atoms with E-state index in [-0.39, 0.29) is 5.91 Å². The molecule has 0 aliphatic carbocycles. The fourth-order valence-electron chi connectivity index (χ4n) is 2.00. The highest BCUT2D eigenvalue weighted by molar-refractivity contribution is 8.77. The quantitative estimate of drug-likeness (QED) is 0.588. The summed E-state index contributed by atoms with van der Waals surface area (Å²) in [5, 5.41) is 6.86. The minimum atomic E-state index is 0.185. The second-order valence-corrected chi connectivity index (χ2v) is 8.37. The van der Waals surface area contributed by atoms with Gasteiger partial charge >= 0.3 is 0 Å². The molecule has 1 N–H and O–H groups in total. The van der Waals surface area contributed by atoms with Crippen LogP contribution >= 0.6 is 32.9 Å². The number of nitrogens with one attached hydrogen (secondary N) is 1. The van der Waals surface area contributed by atoms with E-state index in [0.717, 1.165) is 23.1 Å². The Morgan fingerprint density at radius 1 is 1.47 bits per heavy atom. The fraction of sp³-hybridized carbons (Fsp3) is 0.692. The van der Waals surface area contributed by atoms with Gasteiger partial charge in [-0.25, -0.2) is 4.98 Å². The summed E-state index contributed by atoms with van der Waals surface area (Å²) in [6.07, 6.45) is 8.13. The summed E-state index contributed by atoms with van der Waals surface area (Å²) in [6.45, 7) is 0.710. The largest absolute Gasteiger partial charge is 0.356 e. The van der Waals surface area contributed by atoms with Gasteiger partial charge in [-0.15, -0.1) is 11.3 Å². The highest BCUT2D eigenvalue weighted by Gasteiger charge is 2.15. The van der Waals surface area contributed by atoms with E-state index in [1.807, 2.05) is 27.0 Å². The second kappa shape index (κ2) is 8.87. The van der Waals surface area contributed by atoms with Gasteiger partial charge in [0.25, 0.3) is 0 Å². The summed E-state index contributed by atoms with van der Waals surface area (Å²) in [7, 11) is 4.01. The summed E-state index contributed by atoms with van der Waals surface area (Å²) < 4.78 is 0. The van der Waals surface area contributed by atoms with E-state index < -0.39 is 0 Å². The van der Waals surface area contributed by atoms with E-state index in [0.29, 0.717) is 13.0 Å². The highest BCUT2D eigenvalue weighted by Crippen LogP contribution is 2.39. The van der Waals surface area contributed by atoms with E-state index in [1.54, 1.807) is 17.5 Å². The summed E-state index contributed by atoms with van der Waals surface area (Å²) >= 11 is 1.64. The van der Waals surface area contributed by atoms with Crippen LogP contribution in [0.1, 0.15) is 37.1 Å². The normalized spacial score (nSPS) is 18.6. The first-order valence-electron chi connectivity index (χ1n) is 6.78. The number of nitrogens with zero attached hydrogens (tertiary/aromatic N) is 1. The average Bonchev–Trinajstić information content (AvgIpc) is 3.07. The molecule has 0 aromatic carbocycles. The Morgan fingerprint density at radius 2 is 2.42 bits per heavy atom. The number of hydrogen-bond acceptors (Lipinski definition) is 5. The third kappa shape index (κ3) is 6.19. The Balaban J connectivity index is 1.45. The number of carbonyl (C=O) groups excluding carboxylic acids is 1. The molecule has 0 unspecified atom stereocenters. The maximum absolute atomic E-state index is 11.6. The lowest BCUT2D eigenvalue weighted by Crippen LogP contribution is -2.25. The van der Waals surface area contributed by atoms with Gasteiger partial charge in [0.1, 0.15) is 0 Å². The van der Waals surface area contributed by atoms with Crippen LogP contribution in [-0.4, -0.2) is 28.4 Å². The summed E-state index contributed by atoms with van der Waals surface area (Å²) in [5.74, 6) is 1.48. The Bertz CT molecular complexity index is 364. The molecule has 19 heavy (non-hydrogen) atoms. The third-order valence-electron chi connectivity index (χ3n) is 3.05. The Labute approximate surface area is 126 Å². The zero-order valence-corrected chi connectivity index (χ0v) is 13.4. The Kier molecular flexibility index (Phi) is 7.09. The predicted octanol–water partition coefficient (Wildman–Crippen LogP) is 3.52. The lowest BCUT2D eigenvalue weighted by molar-refractivity contribution is -0.121. The van der Waals surface area contributed by atoms with Crippen molar-refractivity contribution in [3.05, 3.63) is 16.6 Å².